The molecule has 0 radical (unpaired) electrons. The molecule has 1 saturated heterocycles. The Morgan fingerprint density at radius 2 is 2.20 bits per heavy atom. The summed E-state index contributed by atoms with van der Waals surface area (Å²) >= 11 is 0. The highest BCUT2D eigenvalue weighted by molar-refractivity contribution is 5.57. The Morgan fingerprint density at radius 3 is 2.90 bits per heavy atom. The normalized spacial score (nSPS) is 20.1. The molecule has 2 rings (SSSR count). The molecule has 1 atom stereocenters. The van der Waals surface area contributed by atoms with Crippen molar-refractivity contribution in [3.8, 4) is 0 Å². The first-order valence-electron chi connectivity index (χ1n) is 7.43. The topological polar surface area (TPSA) is 27.7 Å². The fourth-order valence-electron chi connectivity index (χ4n) is 2.46. The van der Waals surface area contributed by atoms with Crippen LogP contribution in [0.5, 0.6) is 0 Å². The number of benzene rings is 1. The zero-order valence-electron chi connectivity index (χ0n) is 13.1. The Morgan fingerprint density at radius 1 is 1.40 bits per heavy atom. The molecule has 1 fully saturated rings. The summed E-state index contributed by atoms with van der Waals surface area (Å²) in [6, 6.07) is 9.07. The highest BCUT2D eigenvalue weighted by atomic mass is 16.5. The molecule has 112 valence electrons. The number of ether oxygens (including phenoxy) is 1. The molecule has 1 aliphatic heterocycles. The highest BCUT2D eigenvalue weighted by Gasteiger charge is 2.21. The third-order valence-corrected chi connectivity index (χ3v) is 3.80. The summed E-state index contributed by atoms with van der Waals surface area (Å²) in [6.07, 6.45) is 0.272. The van der Waals surface area contributed by atoms with Gasteiger partial charge in [0.15, 0.2) is 0 Å². The number of hydrogen-bond acceptors (Lipinski definition) is 4. The fraction of sp³-hybridized carbons (Fsp3) is 0.625. The van der Waals surface area contributed by atoms with Crippen LogP contribution in [0.2, 0.25) is 0 Å². The number of nitrogens with zero attached hydrogens (tertiary/aromatic N) is 2. The molecule has 0 amide bonds. The molecule has 4 heteroatoms. The van der Waals surface area contributed by atoms with E-state index in [9.17, 15) is 0 Å². The molecular weight excluding hydrogens is 250 g/mol. The van der Waals surface area contributed by atoms with Gasteiger partial charge in [0.25, 0.3) is 0 Å². The molecule has 1 heterocycles. The average Bonchev–Trinajstić information content (AvgIpc) is 2.45. The van der Waals surface area contributed by atoms with Crippen LogP contribution >= 0.6 is 0 Å². The van der Waals surface area contributed by atoms with Gasteiger partial charge in [0.1, 0.15) is 0 Å². The number of rotatable bonds is 5. The molecule has 0 saturated carbocycles. The molecule has 1 aromatic carbocycles. The van der Waals surface area contributed by atoms with Gasteiger partial charge in [-0.3, -0.25) is 4.90 Å². The molecular formula is C16H27N3O. The predicted molar refractivity (Wildman–Crippen MR) is 85.7 cm³/mol. The molecule has 0 aromatic heterocycles. The first kappa shape index (κ1) is 15.1. The van der Waals surface area contributed by atoms with Crippen LogP contribution in [0.1, 0.15) is 13.8 Å². The molecule has 20 heavy (non-hydrogen) atoms. The van der Waals surface area contributed by atoms with Gasteiger partial charge >= 0.3 is 0 Å². The van der Waals surface area contributed by atoms with Crippen molar-refractivity contribution >= 4 is 11.4 Å². The number of nitrogens with one attached hydrogen (secondary N) is 1. The third-order valence-electron chi connectivity index (χ3n) is 3.80. The van der Waals surface area contributed by atoms with Crippen molar-refractivity contribution in [3.63, 3.8) is 0 Å². The Kier molecular flexibility index (Phi) is 5.26. The van der Waals surface area contributed by atoms with E-state index >= 15 is 0 Å². The van der Waals surface area contributed by atoms with Crippen LogP contribution < -0.4 is 10.2 Å². The van der Waals surface area contributed by atoms with E-state index in [1.165, 1.54) is 5.69 Å². The van der Waals surface area contributed by atoms with Crippen LogP contribution in [0.3, 0.4) is 0 Å². The quantitative estimate of drug-likeness (QED) is 0.893. The van der Waals surface area contributed by atoms with E-state index in [-0.39, 0.29) is 6.10 Å². The van der Waals surface area contributed by atoms with Gasteiger partial charge in [-0.15, -0.1) is 0 Å². The Bertz CT molecular complexity index is 420. The Hall–Kier alpha value is -1.26. The maximum absolute atomic E-state index is 5.84. The maximum Gasteiger partial charge on any atom is 0.0874 e. The van der Waals surface area contributed by atoms with Gasteiger partial charge < -0.3 is 15.0 Å². The zero-order chi connectivity index (χ0) is 14.5. The third kappa shape index (κ3) is 4.12. The molecule has 1 aliphatic rings. The smallest absolute Gasteiger partial charge is 0.0874 e. The van der Waals surface area contributed by atoms with Gasteiger partial charge in [-0.1, -0.05) is 6.07 Å². The molecule has 0 bridgehead atoms. The van der Waals surface area contributed by atoms with Gasteiger partial charge in [-0.2, -0.15) is 0 Å². The van der Waals surface area contributed by atoms with Crippen LogP contribution in [-0.2, 0) is 4.74 Å². The maximum atomic E-state index is 5.84. The minimum Gasteiger partial charge on any atom is -0.382 e. The summed E-state index contributed by atoms with van der Waals surface area (Å²) in [4.78, 5) is 4.59. The van der Waals surface area contributed by atoms with Crippen LogP contribution in [0.4, 0.5) is 11.4 Å². The molecule has 0 aliphatic carbocycles. The second kappa shape index (κ2) is 6.95. The van der Waals surface area contributed by atoms with Crippen molar-refractivity contribution in [1.82, 2.24) is 4.90 Å². The summed E-state index contributed by atoms with van der Waals surface area (Å²) in [5.41, 5.74) is 2.37. The van der Waals surface area contributed by atoms with Crippen molar-refractivity contribution in [2.45, 2.75) is 26.0 Å². The van der Waals surface area contributed by atoms with Crippen LogP contribution in [0.15, 0.2) is 24.3 Å². The molecule has 4 nitrogen and oxygen atoms in total. The molecule has 1 unspecified atom stereocenters. The monoisotopic (exact) mass is 277 g/mol. The van der Waals surface area contributed by atoms with Gasteiger partial charge in [0, 0.05) is 51.1 Å². The van der Waals surface area contributed by atoms with Gasteiger partial charge in [-0.25, -0.2) is 0 Å². The second-order valence-corrected chi connectivity index (χ2v) is 5.91. The lowest BCUT2D eigenvalue weighted by molar-refractivity contribution is -0.0315. The second-order valence-electron chi connectivity index (χ2n) is 5.91. The van der Waals surface area contributed by atoms with Crippen LogP contribution in [-0.4, -0.2) is 57.4 Å². The van der Waals surface area contributed by atoms with E-state index in [4.69, 9.17) is 4.74 Å². The van der Waals surface area contributed by atoms with E-state index in [0.29, 0.717) is 6.04 Å². The van der Waals surface area contributed by atoms with E-state index in [1.54, 1.807) is 0 Å². The van der Waals surface area contributed by atoms with Crippen molar-refractivity contribution in [2.24, 2.45) is 0 Å². The summed E-state index contributed by atoms with van der Waals surface area (Å²) in [5.74, 6) is 0. The Labute approximate surface area is 122 Å². The zero-order valence-corrected chi connectivity index (χ0v) is 13.1. The van der Waals surface area contributed by atoms with Crippen molar-refractivity contribution in [2.75, 3.05) is 50.6 Å². The summed E-state index contributed by atoms with van der Waals surface area (Å²) in [5, 5.41) is 3.49. The lowest BCUT2D eigenvalue weighted by Gasteiger charge is -2.35. The minimum atomic E-state index is 0.272. The number of hydrogen-bond donors (Lipinski definition) is 1. The SMILES string of the molecule is CC(C)N1CCOC(CNc2cccc(N(C)C)c2)C1. The lowest BCUT2D eigenvalue weighted by atomic mass is 10.2. The largest absolute Gasteiger partial charge is 0.382 e. The van der Waals surface area contributed by atoms with Crippen LogP contribution in [0, 0.1) is 0 Å². The summed E-state index contributed by atoms with van der Waals surface area (Å²) < 4.78 is 5.84. The highest BCUT2D eigenvalue weighted by Crippen LogP contribution is 2.18. The number of morpholine rings is 1. The standard InChI is InChI=1S/C16H27N3O/c1-13(2)19-8-9-20-16(12-19)11-17-14-6-5-7-15(10-14)18(3)4/h5-7,10,13,16-17H,8-9,11-12H2,1-4H3. The first-order chi connectivity index (χ1) is 9.56. The summed E-state index contributed by atoms with van der Waals surface area (Å²) in [7, 11) is 4.12. The van der Waals surface area contributed by atoms with E-state index < -0.39 is 0 Å². The lowest BCUT2D eigenvalue weighted by Crippen LogP contribution is -2.48. The van der Waals surface area contributed by atoms with E-state index in [1.807, 2.05) is 0 Å². The molecule has 0 spiro atoms. The minimum absolute atomic E-state index is 0.272. The van der Waals surface area contributed by atoms with E-state index in [2.05, 4.69) is 67.3 Å². The van der Waals surface area contributed by atoms with Gasteiger partial charge in [0.2, 0.25) is 0 Å². The predicted octanol–water partition coefficient (Wildman–Crippen LogP) is 2.27. The van der Waals surface area contributed by atoms with Crippen molar-refractivity contribution in [3.05, 3.63) is 24.3 Å². The van der Waals surface area contributed by atoms with Crippen molar-refractivity contribution in [1.29, 1.82) is 0 Å². The van der Waals surface area contributed by atoms with E-state index in [0.717, 1.165) is 31.9 Å². The first-order valence-corrected chi connectivity index (χ1v) is 7.43. The summed E-state index contributed by atoms with van der Waals surface area (Å²) in [6.45, 7) is 8.25. The van der Waals surface area contributed by atoms with Gasteiger partial charge in [0.05, 0.1) is 12.7 Å². The fourth-order valence-corrected chi connectivity index (χ4v) is 2.46. The Balaban J connectivity index is 1.87. The average molecular weight is 277 g/mol. The molecule has 1 N–H and O–H groups in total. The van der Waals surface area contributed by atoms with Crippen molar-refractivity contribution < 1.29 is 4.74 Å². The molecule has 1 aromatic rings. The van der Waals surface area contributed by atoms with Gasteiger partial charge in [-0.05, 0) is 32.0 Å². The van der Waals surface area contributed by atoms with Crippen LogP contribution in [0.25, 0.3) is 0 Å². The number of anilines is 2.